The molecule has 5 heterocycles. The fraction of sp³-hybridized carbons (Fsp3) is 0.899. The Bertz CT molecular complexity index is 3250. The van der Waals surface area contributed by atoms with E-state index in [0.29, 0.717) is 12.8 Å². The van der Waals surface area contributed by atoms with E-state index in [1.807, 2.05) is 0 Å². The van der Waals surface area contributed by atoms with Crippen molar-refractivity contribution in [2.45, 2.75) is 467 Å². The topological polar surface area (TPSA) is 665 Å². The number of nitrogens with one attached hydrogen (secondary N) is 4. The third-order valence-corrected chi connectivity index (χ3v) is 25.0. The lowest BCUT2D eigenvalue weighted by Crippen LogP contribution is -2.72. The highest BCUT2D eigenvalue weighted by Gasteiger charge is 2.64. The number of carbonyl (C=O) groups is 7. The fourth-order valence-corrected chi connectivity index (χ4v) is 17.5. The van der Waals surface area contributed by atoms with Crippen LogP contribution in [0.5, 0.6) is 0 Å². The van der Waals surface area contributed by atoms with Crippen molar-refractivity contribution in [2.75, 3.05) is 39.6 Å². The molecule has 0 aromatic carbocycles. The summed E-state index contributed by atoms with van der Waals surface area (Å²) in [6.07, 6.45) is -11.9. The number of rotatable bonds is 67. The molecule has 130 heavy (non-hydrogen) atoms. The van der Waals surface area contributed by atoms with Gasteiger partial charge in [-0.05, 0) is 38.5 Å². The van der Waals surface area contributed by atoms with Crippen LogP contribution in [0.4, 0.5) is 0 Å². The van der Waals surface area contributed by atoms with E-state index >= 15 is 0 Å². The number of amides is 4. The molecule has 0 saturated carbocycles. The molecule has 0 radical (unpaired) electrons. The lowest BCUT2D eigenvalue weighted by Gasteiger charge is -2.51. The monoisotopic (exact) mass is 1880 g/mol. The molecule has 3 unspecified atom stereocenters. The molecule has 5 aliphatic heterocycles. The fourth-order valence-electron chi connectivity index (χ4n) is 17.5. The Labute approximate surface area is 761 Å². The SMILES string of the molecule is CCCCCCCCC=CCCCCCCCCCCCCCCCC(=O)N[C@@H](CO[C@@H]1O[C@H](CO)[C@@H](O[C@@H]2O[C@H](CO)[C@H](O)[C@H](O[C@]3(C(=O)O)C[C@H](O)[C@@H](NC(C)=O)C([C@H](O)[C@@H](CO)O[C@]4(C(=O)O)C[C@H](O)[C@@H](NC(C)=O)C([C@H](O)[C@@H](CO)O[C@]5(C(=O)O)C[C@H](O)[C@@H](NC(C)=O)C([C@H](O)[C@H](O)CO)O5)O4)O3)[C@H]2O)[C@H](O)[C@H]1O)[C@H](O)CCCCCCCCCCCCCCC. The number of unbranched alkanes of at least 4 members (excludes halogenated alkanes) is 31. The van der Waals surface area contributed by atoms with Gasteiger partial charge >= 0.3 is 17.9 Å². The zero-order valence-corrected chi connectivity index (χ0v) is 76.4. The first-order chi connectivity index (χ1) is 62.0. The van der Waals surface area contributed by atoms with E-state index in [1.165, 1.54) is 135 Å². The van der Waals surface area contributed by atoms with Crippen LogP contribution in [0.15, 0.2) is 12.2 Å². The smallest absolute Gasteiger partial charge is 0.364 e. The van der Waals surface area contributed by atoms with Gasteiger partial charge in [0, 0.05) is 46.5 Å². The molecule has 5 rings (SSSR count). The number of hydrogen-bond acceptors (Lipinski definition) is 34. The van der Waals surface area contributed by atoms with Crippen molar-refractivity contribution in [3.63, 3.8) is 0 Å². The maximum atomic E-state index is 13.9. The Hall–Kier alpha value is -5.05. The molecule has 0 bridgehead atoms. The number of carbonyl (C=O) groups excluding carboxylic acids is 4. The molecule has 30 atom stereocenters. The van der Waals surface area contributed by atoms with Crippen LogP contribution in [0.2, 0.25) is 0 Å². The molecule has 5 fully saturated rings. The number of carboxylic acids is 3. The van der Waals surface area contributed by atoms with Gasteiger partial charge in [-0.25, -0.2) is 14.4 Å². The first kappa shape index (κ1) is 115. The van der Waals surface area contributed by atoms with Crippen LogP contribution in [0.1, 0.15) is 285 Å². The van der Waals surface area contributed by atoms with Gasteiger partial charge in [-0.2, -0.15) is 0 Å². The summed E-state index contributed by atoms with van der Waals surface area (Å²) >= 11 is 0. The first-order valence-corrected chi connectivity index (χ1v) is 47.3. The minimum Gasteiger partial charge on any atom is -0.477 e. The predicted octanol–water partition coefficient (Wildman–Crippen LogP) is 0.634. The van der Waals surface area contributed by atoms with Crippen LogP contribution in [0.3, 0.4) is 0 Å². The maximum absolute atomic E-state index is 13.9. The van der Waals surface area contributed by atoms with Crippen molar-refractivity contribution < 1.29 is 183 Å². The van der Waals surface area contributed by atoms with E-state index in [1.54, 1.807) is 0 Å². The molecule has 24 N–H and O–H groups in total. The highest BCUT2D eigenvalue weighted by molar-refractivity contribution is 5.79. The minimum atomic E-state index is -3.57. The van der Waals surface area contributed by atoms with Crippen molar-refractivity contribution in [2.24, 2.45) is 0 Å². The van der Waals surface area contributed by atoms with E-state index in [2.05, 4.69) is 47.3 Å². The third kappa shape index (κ3) is 36.1. The quantitative estimate of drug-likeness (QED) is 0.0293. The molecule has 0 aliphatic carbocycles. The van der Waals surface area contributed by atoms with Gasteiger partial charge in [0.05, 0.1) is 88.2 Å². The average Bonchev–Trinajstić information content (AvgIpc) is 0.748. The molecular weight excluding hydrogens is 1720 g/mol. The zero-order valence-electron chi connectivity index (χ0n) is 76.4. The minimum absolute atomic E-state index is 0.144. The van der Waals surface area contributed by atoms with E-state index in [4.69, 9.17) is 47.4 Å². The summed E-state index contributed by atoms with van der Waals surface area (Å²) in [4.78, 5) is 92.4. The number of carboxylic acid groups (broad SMARTS) is 3. The molecule has 41 heteroatoms. The summed E-state index contributed by atoms with van der Waals surface area (Å²) in [6.45, 7) is 0.0270. The van der Waals surface area contributed by atoms with Gasteiger partial charge in [0.25, 0.3) is 17.4 Å². The highest BCUT2D eigenvalue weighted by atomic mass is 16.8. The van der Waals surface area contributed by atoms with E-state index < -0.39 is 277 Å². The van der Waals surface area contributed by atoms with Crippen molar-refractivity contribution in [1.82, 2.24) is 21.3 Å². The van der Waals surface area contributed by atoms with Crippen molar-refractivity contribution in [3.8, 4) is 0 Å². The summed E-state index contributed by atoms with van der Waals surface area (Å²) in [5, 5.41) is 236. The lowest BCUT2D eigenvalue weighted by molar-refractivity contribution is -0.388. The van der Waals surface area contributed by atoms with Gasteiger partial charge in [0.15, 0.2) is 12.6 Å². The number of aliphatic hydroxyl groups is 17. The van der Waals surface area contributed by atoms with Crippen LogP contribution in [-0.4, -0.2) is 366 Å². The summed E-state index contributed by atoms with van der Waals surface area (Å²) in [6, 6.07) is -6.94. The number of ether oxygens (including phenoxy) is 10. The standard InChI is InChI=1S/C89H158N4O37/c1-6-8-10-12-14-16-18-20-21-22-23-24-25-26-27-28-29-31-33-35-37-39-41-43-66(107)93-56(57(102)42-40-38-36-34-32-30-19-17-15-13-11-9-7-2)52-121-82-75(113)74(112)77(65(51-98)123-82)124-83-76(114)81(71(109)62(48-95)122-83)130-89(86(119)120)46-60(105)69(92-55(5)101)80(129-89)73(111)64(50-97)126-88(85(117)118)45-59(104)68(91-54(4)100)79(128-88)72(110)63(49-96)125-87(84(115)116)44-58(103)67(90-53(3)99)78(127-87)70(108)61(106)47-94/h20-21,56-65,67-83,94-98,102-106,108-114H,6-19,22-52H2,1-5H3,(H,90,99)(H,91,100)(H,92,101)(H,93,107)(H,115,116)(H,117,118)(H,119,120)/t56-,57+,58-,59-,60-,61+,62+,63+,64+,65+,67+,68+,69+,70+,71-,72+,73+,74+,75+,76+,77+,78?,79?,80?,81-,82+,83-,87+,88+,89-/m0/s1. The number of hydrogen-bond donors (Lipinski definition) is 24. The van der Waals surface area contributed by atoms with E-state index in [0.717, 1.165) is 91.4 Å². The molecule has 5 saturated heterocycles. The Balaban J connectivity index is 1.29. The molecule has 5 aliphatic rings. The third-order valence-electron chi connectivity index (χ3n) is 25.0. The predicted molar refractivity (Wildman–Crippen MR) is 461 cm³/mol. The second-order valence-corrected chi connectivity index (χ2v) is 35.7. The summed E-state index contributed by atoms with van der Waals surface area (Å²) in [5.41, 5.74) is 0. The molecule has 0 aromatic heterocycles. The largest absolute Gasteiger partial charge is 0.477 e. The average molecular weight is 1880 g/mol. The van der Waals surface area contributed by atoms with E-state index in [9.17, 15) is 136 Å². The summed E-state index contributed by atoms with van der Waals surface area (Å²) < 4.78 is 58.4. The summed E-state index contributed by atoms with van der Waals surface area (Å²) in [7, 11) is 0. The lowest BCUT2D eigenvalue weighted by atomic mass is 9.86. The summed E-state index contributed by atoms with van der Waals surface area (Å²) in [5.74, 6) is -20.5. The van der Waals surface area contributed by atoms with Crippen LogP contribution >= 0.6 is 0 Å². The Morgan fingerprint density at radius 2 is 0.769 bits per heavy atom. The van der Waals surface area contributed by atoms with Gasteiger partial charge in [0.2, 0.25) is 23.6 Å². The van der Waals surface area contributed by atoms with Crippen LogP contribution < -0.4 is 21.3 Å². The Kier molecular flexibility index (Phi) is 53.7. The van der Waals surface area contributed by atoms with Gasteiger partial charge < -0.3 is 171 Å². The van der Waals surface area contributed by atoms with Gasteiger partial charge in [0.1, 0.15) is 104 Å². The second kappa shape index (κ2) is 60.5. The Morgan fingerprint density at radius 1 is 0.408 bits per heavy atom. The van der Waals surface area contributed by atoms with Gasteiger partial charge in [-0.1, -0.05) is 212 Å². The zero-order chi connectivity index (χ0) is 96.3. The molecule has 0 aromatic rings. The van der Waals surface area contributed by atoms with Crippen LogP contribution in [-0.2, 0) is 80.9 Å². The first-order valence-electron chi connectivity index (χ1n) is 47.3. The molecule has 0 spiro atoms. The molecule has 756 valence electrons. The number of aliphatic hydroxyl groups excluding tert-OH is 17. The van der Waals surface area contributed by atoms with Gasteiger partial charge in [-0.15, -0.1) is 0 Å². The number of aliphatic carboxylic acids is 3. The molecular formula is C89H158N4O37. The molecule has 4 amide bonds. The maximum Gasteiger partial charge on any atom is 0.364 e. The Morgan fingerprint density at radius 3 is 1.15 bits per heavy atom. The normalized spacial score (nSPS) is 31.5. The molecule has 41 nitrogen and oxygen atoms in total. The van der Waals surface area contributed by atoms with E-state index in [-0.39, 0.29) is 18.7 Å². The van der Waals surface area contributed by atoms with Crippen LogP contribution in [0.25, 0.3) is 0 Å². The number of allylic oxidation sites excluding steroid dienone is 2. The highest BCUT2D eigenvalue weighted by Crippen LogP contribution is 2.43. The van der Waals surface area contributed by atoms with Crippen LogP contribution in [0, 0.1) is 0 Å². The van der Waals surface area contributed by atoms with Crippen molar-refractivity contribution in [3.05, 3.63) is 12.2 Å². The van der Waals surface area contributed by atoms with Crippen molar-refractivity contribution >= 4 is 41.5 Å². The van der Waals surface area contributed by atoms with Crippen molar-refractivity contribution in [1.29, 1.82) is 0 Å². The van der Waals surface area contributed by atoms with Gasteiger partial charge in [-0.3, -0.25) is 19.2 Å². The second-order valence-electron chi connectivity index (χ2n) is 35.7.